The molecule has 0 amide bonds. The molecule has 0 spiro atoms. The third-order valence-electron chi connectivity index (χ3n) is 2.59. The van der Waals surface area contributed by atoms with Crippen LogP contribution in [0, 0.1) is 11.6 Å². The molecule has 4 heteroatoms. The highest BCUT2D eigenvalue weighted by Gasteiger charge is 2.10. The molecule has 0 radical (unpaired) electrons. The van der Waals surface area contributed by atoms with Crippen molar-refractivity contribution in [3.63, 3.8) is 0 Å². The lowest BCUT2D eigenvalue weighted by Crippen LogP contribution is -2.24. The van der Waals surface area contributed by atoms with Gasteiger partial charge in [0.05, 0.1) is 13.2 Å². The Hall–Kier alpha value is -1.26. The molecule has 0 saturated carbocycles. The second kappa shape index (κ2) is 7.95. The summed E-state index contributed by atoms with van der Waals surface area (Å²) in [4.78, 5) is 0. The van der Waals surface area contributed by atoms with Crippen LogP contribution in [0.4, 0.5) is 8.78 Å². The molecule has 1 aromatic rings. The van der Waals surface area contributed by atoms with E-state index in [1.54, 1.807) is 13.0 Å². The smallest absolute Gasteiger partial charge is 0.128 e. The van der Waals surface area contributed by atoms with E-state index < -0.39 is 11.6 Å². The van der Waals surface area contributed by atoms with Gasteiger partial charge in [-0.25, -0.2) is 8.78 Å². The van der Waals surface area contributed by atoms with Crippen molar-refractivity contribution in [1.29, 1.82) is 0 Å². The lowest BCUT2D eigenvalue weighted by atomic mass is 10.1. The summed E-state index contributed by atoms with van der Waals surface area (Å²) in [5, 5.41) is 3.09. The van der Waals surface area contributed by atoms with Gasteiger partial charge in [0.2, 0.25) is 0 Å². The summed E-state index contributed by atoms with van der Waals surface area (Å²) in [5.74, 6) is -0.828. The molecule has 0 aliphatic carbocycles. The molecule has 1 N–H and O–H groups in total. The molecule has 0 bridgehead atoms. The second-order valence-electron chi connectivity index (χ2n) is 4.03. The maximum atomic E-state index is 13.4. The molecule has 0 saturated heterocycles. The number of nitrogens with one attached hydrogen (secondary N) is 1. The van der Waals surface area contributed by atoms with E-state index in [4.69, 9.17) is 4.74 Å². The van der Waals surface area contributed by atoms with Gasteiger partial charge >= 0.3 is 0 Å². The third-order valence-corrected chi connectivity index (χ3v) is 2.59. The predicted octanol–water partition coefficient (Wildman–Crippen LogP) is 3.21. The number of hydrogen-bond donors (Lipinski definition) is 1. The lowest BCUT2D eigenvalue weighted by molar-refractivity contribution is 0.138. The molecule has 1 unspecified atom stereocenters. The summed E-state index contributed by atoms with van der Waals surface area (Å²) in [6.45, 7) is 7.15. The fraction of sp³-hybridized carbons (Fsp3) is 0.429. The molecule has 0 aliphatic rings. The molecule has 2 nitrogen and oxygen atoms in total. The fourth-order valence-electron chi connectivity index (χ4n) is 1.57. The zero-order valence-electron chi connectivity index (χ0n) is 10.6. The Bertz CT molecular complexity index is 382. The van der Waals surface area contributed by atoms with Crippen molar-refractivity contribution in [2.24, 2.45) is 0 Å². The molecular formula is C14H19F2NO. The minimum atomic E-state index is -0.428. The Kier molecular flexibility index (Phi) is 6.54. The van der Waals surface area contributed by atoms with Crippen LogP contribution in [0.15, 0.2) is 30.9 Å². The van der Waals surface area contributed by atoms with Crippen molar-refractivity contribution in [3.8, 4) is 0 Å². The van der Waals surface area contributed by atoms with Crippen LogP contribution in [-0.4, -0.2) is 19.8 Å². The quantitative estimate of drug-likeness (QED) is 0.569. The molecule has 18 heavy (non-hydrogen) atoms. The maximum absolute atomic E-state index is 13.4. The molecule has 100 valence electrons. The summed E-state index contributed by atoms with van der Waals surface area (Å²) < 4.78 is 31.8. The largest absolute Gasteiger partial charge is 0.380 e. The zero-order valence-corrected chi connectivity index (χ0v) is 10.6. The number of hydrogen-bond acceptors (Lipinski definition) is 2. The molecule has 0 heterocycles. The molecule has 0 fully saturated rings. The highest BCUT2D eigenvalue weighted by Crippen LogP contribution is 2.17. The number of benzene rings is 1. The van der Waals surface area contributed by atoms with Gasteiger partial charge in [0.25, 0.3) is 0 Å². The zero-order chi connectivity index (χ0) is 13.4. The molecule has 1 atom stereocenters. The van der Waals surface area contributed by atoms with Crippen LogP contribution in [0.25, 0.3) is 0 Å². The van der Waals surface area contributed by atoms with E-state index in [9.17, 15) is 8.78 Å². The van der Waals surface area contributed by atoms with Crippen molar-refractivity contribution in [2.75, 3.05) is 19.8 Å². The van der Waals surface area contributed by atoms with Gasteiger partial charge in [-0.05, 0) is 31.5 Å². The van der Waals surface area contributed by atoms with Crippen molar-refractivity contribution in [3.05, 3.63) is 48.1 Å². The summed E-state index contributed by atoms with van der Waals surface area (Å²) >= 11 is 0. The first kappa shape index (κ1) is 14.8. The van der Waals surface area contributed by atoms with Crippen LogP contribution < -0.4 is 5.32 Å². The topological polar surface area (TPSA) is 21.3 Å². The van der Waals surface area contributed by atoms with Gasteiger partial charge in [-0.1, -0.05) is 6.08 Å². The summed E-state index contributed by atoms with van der Waals surface area (Å²) in [7, 11) is 0. The van der Waals surface area contributed by atoms with E-state index in [1.165, 1.54) is 6.07 Å². The minimum absolute atomic E-state index is 0.247. The SMILES string of the molecule is C=CCCOCCNC(C)c1cc(F)ccc1F. The lowest BCUT2D eigenvalue weighted by Gasteiger charge is -2.15. The van der Waals surface area contributed by atoms with Crippen LogP contribution in [0.3, 0.4) is 0 Å². The second-order valence-corrected chi connectivity index (χ2v) is 4.03. The maximum Gasteiger partial charge on any atom is 0.128 e. The average molecular weight is 255 g/mol. The standard InChI is InChI=1S/C14H19F2NO/c1-3-4-8-18-9-7-17-11(2)13-10-12(15)5-6-14(13)16/h3,5-6,10-11,17H,1,4,7-9H2,2H3. The number of halogens is 2. The third kappa shape index (κ3) is 4.94. The van der Waals surface area contributed by atoms with Gasteiger partial charge < -0.3 is 10.1 Å². The van der Waals surface area contributed by atoms with E-state index in [1.807, 2.05) is 0 Å². The van der Waals surface area contributed by atoms with Gasteiger partial charge in [-0.15, -0.1) is 6.58 Å². The summed E-state index contributed by atoms with van der Waals surface area (Å²) in [6.07, 6.45) is 2.60. The fourth-order valence-corrected chi connectivity index (χ4v) is 1.57. The Labute approximate surface area is 107 Å². The van der Waals surface area contributed by atoms with Crippen molar-refractivity contribution < 1.29 is 13.5 Å². The highest BCUT2D eigenvalue weighted by atomic mass is 19.1. The Morgan fingerprint density at radius 2 is 2.17 bits per heavy atom. The van der Waals surface area contributed by atoms with Gasteiger partial charge in [-0.2, -0.15) is 0 Å². The van der Waals surface area contributed by atoms with Crippen molar-refractivity contribution in [2.45, 2.75) is 19.4 Å². The van der Waals surface area contributed by atoms with Gasteiger partial charge in [0.1, 0.15) is 11.6 Å². The molecule has 0 aliphatic heterocycles. The highest BCUT2D eigenvalue weighted by molar-refractivity contribution is 5.21. The van der Waals surface area contributed by atoms with Crippen LogP contribution >= 0.6 is 0 Å². The Morgan fingerprint density at radius 3 is 2.89 bits per heavy atom. The predicted molar refractivity (Wildman–Crippen MR) is 68.4 cm³/mol. The van der Waals surface area contributed by atoms with Crippen LogP contribution in [-0.2, 0) is 4.74 Å². The minimum Gasteiger partial charge on any atom is -0.380 e. The first-order valence-corrected chi connectivity index (χ1v) is 6.02. The molecule has 0 aromatic heterocycles. The summed E-state index contributed by atoms with van der Waals surface area (Å²) in [6, 6.07) is 3.22. The van der Waals surface area contributed by atoms with E-state index in [2.05, 4.69) is 11.9 Å². The Morgan fingerprint density at radius 1 is 1.39 bits per heavy atom. The van der Waals surface area contributed by atoms with E-state index >= 15 is 0 Å². The molecule has 1 rings (SSSR count). The van der Waals surface area contributed by atoms with Gasteiger partial charge in [-0.3, -0.25) is 0 Å². The van der Waals surface area contributed by atoms with E-state index in [0.717, 1.165) is 18.6 Å². The monoisotopic (exact) mass is 255 g/mol. The average Bonchev–Trinajstić information content (AvgIpc) is 2.36. The van der Waals surface area contributed by atoms with Crippen molar-refractivity contribution in [1.82, 2.24) is 5.32 Å². The van der Waals surface area contributed by atoms with Crippen molar-refractivity contribution >= 4 is 0 Å². The van der Waals surface area contributed by atoms with Gasteiger partial charge in [0, 0.05) is 18.2 Å². The number of rotatable bonds is 8. The first-order chi connectivity index (χ1) is 8.65. The summed E-state index contributed by atoms with van der Waals surface area (Å²) in [5.41, 5.74) is 0.334. The number of ether oxygens (including phenoxy) is 1. The van der Waals surface area contributed by atoms with Crippen LogP contribution in [0.5, 0.6) is 0 Å². The molecular weight excluding hydrogens is 236 g/mol. The Balaban J connectivity index is 2.33. The van der Waals surface area contributed by atoms with Crippen LogP contribution in [0.1, 0.15) is 24.9 Å². The van der Waals surface area contributed by atoms with E-state index in [-0.39, 0.29) is 6.04 Å². The normalized spacial score (nSPS) is 12.4. The van der Waals surface area contributed by atoms with Gasteiger partial charge in [0.15, 0.2) is 0 Å². The van der Waals surface area contributed by atoms with Crippen LogP contribution in [0.2, 0.25) is 0 Å². The first-order valence-electron chi connectivity index (χ1n) is 6.02. The van der Waals surface area contributed by atoms with E-state index in [0.29, 0.717) is 25.3 Å². The molecule has 1 aromatic carbocycles.